The highest BCUT2D eigenvalue weighted by Crippen LogP contribution is 2.14. The Morgan fingerprint density at radius 2 is 0.613 bits per heavy atom. The van der Waals surface area contributed by atoms with Crippen molar-refractivity contribution in [3.05, 3.63) is 0 Å². The van der Waals surface area contributed by atoms with Gasteiger partial charge in [0.25, 0.3) is 0 Å². The Morgan fingerprint density at radius 3 is 0.871 bits per heavy atom. The molecule has 3 N–H and O–H groups in total. The average molecular weight is 442 g/mol. The van der Waals surface area contributed by atoms with Gasteiger partial charge in [0.1, 0.15) is 12.5 Å². The predicted octanol–water partition coefficient (Wildman–Crippen LogP) is 8.62. The first-order chi connectivity index (χ1) is 15.2. The molecule has 0 aliphatic heterocycles. The molecule has 0 aromatic rings. The molecule has 0 aromatic carbocycles. The lowest BCUT2D eigenvalue weighted by atomic mass is 10.0. The van der Waals surface area contributed by atoms with Crippen molar-refractivity contribution >= 4 is 0 Å². The maximum atomic E-state index is 10.1. The number of aliphatic hydroxyl groups is 2. The van der Waals surface area contributed by atoms with Crippen LogP contribution in [0.1, 0.15) is 168 Å². The summed E-state index contributed by atoms with van der Waals surface area (Å²) in [6, 6.07) is 0. The molecule has 0 aromatic heterocycles. The normalized spacial score (nSPS) is 13.5. The second-order valence-corrected chi connectivity index (χ2v) is 9.85. The maximum absolute atomic E-state index is 10.1. The van der Waals surface area contributed by atoms with E-state index in [1.165, 1.54) is 128 Å². The molecule has 2 atom stereocenters. The van der Waals surface area contributed by atoms with Crippen molar-refractivity contribution in [1.29, 1.82) is 0 Å². The summed E-state index contributed by atoms with van der Waals surface area (Å²) in [6.07, 6.45) is 29.6. The minimum atomic E-state index is -0.554. The lowest BCUT2D eigenvalue weighted by Crippen LogP contribution is -2.38. The van der Waals surface area contributed by atoms with Gasteiger partial charge in [-0.2, -0.15) is 0 Å². The summed E-state index contributed by atoms with van der Waals surface area (Å²) in [7, 11) is 0. The molecule has 0 saturated heterocycles. The second kappa shape index (κ2) is 26.1. The lowest BCUT2D eigenvalue weighted by molar-refractivity contribution is 0.0310. The molecule has 0 radical (unpaired) electrons. The summed E-state index contributed by atoms with van der Waals surface area (Å²) < 4.78 is 0. The zero-order chi connectivity index (χ0) is 22.8. The van der Waals surface area contributed by atoms with Crippen molar-refractivity contribution in [1.82, 2.24) is 5.32 Å². The van der Waals surface area contributed by atoms with Crippen molar-refractivity contribution in [2.75, 3.05) is 0 Å². The highest BCUT2D eigenvalue weighted by molar-refractivity contribution is 4.60. The molecule has 0 aliphatic carbocycles. The summed E-state index contributed by atoms with van der Waals surface area (Å²) in [5.41, 5.74) is 0. The molecule has 0 fully saturated rings. The Hall–Kier alpha value is -0.120. The van der Waals surface area contributed by atoms with E-state index in [0.717, 1.165) is 25.7 Å². The van der Waals surface area contributed by atoms with Crippen molar-refractivity contribution in [2.24, 2.45) is 0 Å². The molecule has 0 bridgehead atoms. The molecule has 0 saturated carbocycles. The SMILES string of the molecule is CCCCCCCCCCCCCCCCCC(O)NC(O)CCCCCCCCC. The van der Waals surface area contributed by atoms with Crippen LogP contribution in [0.25, 0.3) is 0 Å². The van der Waals surface area contributed by atoms with E-state index < -0.39 is 12.5 Å². The van der Waals surface area contributed by atoms with Crippen LogP contribution >= 0.6 is 0 Å². The van der Waals surface area contributed by atoms with Crippen LogP contribution in [0, 0.1) is 0 Å². The largest absolute Gasteiger partial charge is 0.379 e. The van der Waals surface area contributed by atoms with E-state index in [2.05, 4.69) is 19.2 Å². The van der Waals surface area contributed by atoms with Gasteiger partial charge in [-0.3, -0.25) is 5.32 Å². The number of nitrogens with one attached hydrogen (secondary N) is 1. The fraction of sp³-hybridized carbons (Fsp3) is 1.00. The summed E-state index contributed by atoms with van der Waals surface area (Å²) >= 11 is 0. The topological polar surface area (TPSA) is 52.5 Å². The Bertz CT molecular complexity index is 324. The molecular formula is C28H59NO2. The van der Waals surface area contributed by atoms with Gasteiger partial charge in [0.05, 0.1) is 0 Å². The standard InChI is InChI=1S/C28H59NO2/c1-3-5-7-9-11-12-13-14-15-16-17-18-20-22-24-26-28(31)29-27(30)25-23-21-19-10-8-6-4-2/h27-31H,3-26H2,1-2H3. The Labute approximate surface area is 196 Å². The number of hydrogen-bond donors (Lipinski definition) is 3. The van der Waals surface area contributed by atoms with Crippen LogP contribution in [-0.2, 0) is 0 Å². The molecule has 0 heterocycles. The van der Waals surface area contributed by atoms with Crippen molar-refractivity contribution < 1.29 is 10.2 Å². The molecule has 2 unspecified atom stereocenters. The van der Waals surface area contributed by atoms with Crippen LogP contribution in [0.4, 0.5) is 0 Å². The Morgan fingerprint density at radius 1 is 0.387 bits per heavy atom. The maximum Gasteiger partial charge on any atom is 0.106 e. The van der Waals surface area contributed by atoms with Crippen LogP contribution < -0.4 is 5.32 Å². The van der Waals surface area contributed by atoms with Gasteiger partial charge in [0.15, 0.2) is 0 Å². The Kier molecular flexibility index (Phi) is 26.0. The molecule has 188 valence electrons. The van der Waals surface area contributed by atoms with E-state index in [4.69, 9.17) is 0 Å². The first kappa shape index (κ1) is 30.9. The number of hydrogen-bond acceptors (Lipinski definition) is 3. The zero-order valence-corrected chi connectivity index (χ0v) is 21.5. The van der Waals surface area contributed by atoms with Gasteiger partial charge in [-0.15, -0.1) is 0 Å². The molecule has 3 heteroatoms. The van der Waals surface area contributed by atoms with Crippen molar-refractivity contribution in [2.45, 2.75) is 180 Å². The average Bonchev–Trinajstić information content (AvgIpc) is 2.75. The van der Waals surface area contributed by atoms with Gasteiger partial charge >= 0.3 is 0 Å². The van der Waals surface area contributed by atoms with Gasteiger partial charge in [-0.25, -0.2) is 0 Å². The third-order valence-electron chi connectivity index (χ3n) is 6.55. The van der Waals surface area contributed by atoms with E-state index in [-0.39, 0.29) is 0 Å². The third-order valence-corrected chi connectivity index (χ3v) is 6.55. The van der Waals surface area contributed by atoms with E-state index in [0.29, 0.717) is 0 Å². The molecular weight excluding hydrogens is 382 g/mol. The molecule has 0 amide bonds. The van der Waals surface area contributed by atoms with Gasteiger partial charge in [0.2, 0.25) is 0 Å². The highest BCUT2D eigenvalue weighted by atomic mass is 16.3. The van der Waals surface area contributed by atoms with Gasteiger partial charge in [-0.05, 0) is 25.7 Å². The van der Waals surface area contributed by atoms with Crippen molar-refractivity contribution in [3.8, 4) is 0 Å². The van der Waals surface area contributed by atoms with Crippen LogP contribution in [-0.4, -0.2) is 22.7 Å². The van der Waals surface area contributed by atoms with Crippen LogP contribution in [0.2, 0.25) is 0 Å². The molecule has 3 nitrogen and oxygen atoms in total. The fourth-order valence-electron chi connectivity index (χ4n) is 4.39. The van der Waals surface area contributed by atoms with Gasteiger partial charge in [0, 0.05) is 0 Å². The van der Waals surface area contributed by atoms with Gasteiger partial charge < -0.3 is 10.2 Å². The third kappa shape index (κ3) is 26.0. The minimum Gasteiger partial charge on any atom is -0.379 e. The summed E-state index contributed by atoms with van der Waals surface area (Å²) in [5.74, 6) is 0. The second-order valence-electron chi connectivity index (χ2n) is 9.85. The molecule has 0 aliphatic rings. The zero-order valence-electron chi connectivity index (χ0n) is 21.5. The number of rotatable bonds is 26. The van der Waals surface area contributed by atoms with E-state index >= 15 is 0 Å². The predicted molar refractivity (Wildman–Crippen MR) is 137 cm³/mol. The van der Waals surface area contributed by atoms with Crippen LogP contribution in [0.15, 0.2) is 0 Å². The first-order valence-corrected chi connectivity index (χ1v) is 14.3. The van der Waals surface area contributed by atoms with Gasteiger partial charge in [-0.1, -0.05) is 142 Å². The monoisotopic (exact) mass is 441 g/mol. The van der Waals surface area contributed by atoms with Crippen molar-refractivity contribution in [3.63, 3.8) is 0 Å². The highest BCUT2D eigenvalue weighted by Gasteiger charge is 2.09. The van der Waals surface area contributed by atoms with Crippen LogP contribution in [0.3, 0.4) is 0 Å². The Balaban J connectivity index is 3.25. The smallest absolute Gasteiger partial charge is 0.106 e. The van der Waals surface area contributed by atoms with Crippen LogP contribution in [0.5, 0.6) is 0 Å². The van der Waals surface area contributed by atoms with E-state index in [1.54, 1.807) is 0 Å². The fourth-order valence-corrected chi connectivity index (χ4v) is 4.39. The lowest BCUT2D eigenvalue weighted by Gasteiger charge is -2.18. The summed E-state index contributed by atoms with van der Waals surface area (Å²) in [4.78, 5) is 0. The van der Waals surface area contributed by atoms with E-state index in [9.17, 15) is 10.2 Å². The molecule has 0 spiro atoms. The first-order valence-electron chi connectivity index (χ1n) is 14.3. The minimum absolute atomic E-state index is 0.554. The molecule has 31 heavy (non-hydrogen) atoms. The van der Waals surface area contributed by atoms with E-state index in [1.807, 2.05) is 0 Å². The summed E-state index contributed by atoms with van der Waals surface area (Å²) in [6.45, 7) is 4.53. The quantitative estimate of drug-likeness (QED) is 0.0930. The molecule has 0 rings (SSSR count). The number of aliphatic hydroxyl groups excluding tert-OH is 2. The summed E-state index contributed by atoms with van der Waals surface area (Å²) in [5, 5.41) is 23.0. The number of unbranched alkanes of at least 4 members (excludes halogenated alkanes) is 20.